The topological polar surface area (TPSA) is 80.6 Å². The first-order valence-electron chi connectivity index (χ1n) is 10.1. The lowest BCUT2D eigenvalue weighted by Gasteiger charge is -2.33. The largest absolute Gasteiger partial charge is 0.477 e. The summed E-state index contributed by atoms with van der Waals surface area (Å²) in [7, 11) is 1.94. The Bertz CT molecular complexity index is 911. The third-order valence-electron chi connectivity index (χ3n) is 5.31. The molecule has 2 aromatic rings. The minimum Gasteiger partial charge on any atom is -0.477 e. The van der Waals surface area contributed by atoms with Crippen LogP contribution in [0.25, 0.3) is 0 Å². The van der Waals surface area contributed by atoms with Crippen molar-refractivity contribution in [2.75, 3.05) is 31.6 Å². The standard InChI is InChI=1S/C21H29N5O3/c1-5-29-20-18(9-6-10-22-20)21(28)25-11-7-8-16(14-25)26-19(27)12-17(13-23-26)24(4)15(2)3/h6,9-10,12-13,15-16H,5,7-8,11,14H2,1-4H3. The molecule has 1 fully saturated rings. The van der Waals surface area contributed by atoms with E-state index in [4.69, 9.17) is 4.74 Å². The highest BCUT2D eigenvalue weighted by Gasteiger charge is 2.28. The second-order valence-corrected chi connectivity index (χ2v) is 7.54. The molecule has 1 amide bonds. The lowest BCUT2D eigenvalue weighted by molar-refractivity contribution is 0.0665. The van der Waals surface area contributed by atoms with Gasteiger partial charge in [0.1, 0.15) is 5.56 Å². The van der Waals surface area contributed by atoms with Gasteiger partial charge in [0.25, 0.3) is 11.5 Å². The number of nitrogens with zero attached hydrogens (tertiary/aromatic N) is 5. The van der Waals surface area contributed by atoms with Gasteiger partial charge in [-0.3, -0.25) is 9.59 Å². The molecule has 1 unspecified atom stereocenters. The second kappa shape index (κ2) is 9.07. The van der Waals surface area contributed by atoms with Crippen LogP contribution >= 0.6 is 0 Å². The molecule has 3 rings (SSSR count). The molecule has 0 N–H and O–H groups in total. The Balaban J connectivity index is 1.79. The number of likely N-dealkylation sites (tertiary alicyclic amines) is 1. The first-order valence-corrected chi connectivity index (χ1v) is 10.1. The summed E-state index contributed by atoms with van der Waals surface area (Å²) in [6, 6.07) is 5.19. The predicted molar refractivity (Wildman–Crippen MR) is 112 cm³/mol. The van der Waals surface area contributed by atoms with E-state index in [2.05, 4.69) is 23.9 Å². The number of rotatable bonds is 6. The van der Waals surface area contributed by atoms with Crippen molar-refractivity contribution >= 4 is 11.6 Å². The number of hydrogen-bond donors (Lipinski definition) is 0. The summed E-state index contributed by atoms with van der Waals surface area (Å²) < 4.78 is 7.01. The molecular weight excluding hydrogens is 370 g/mol. The summed E-state index contributed by atoms with van der Waals surface area (Å²) >= 11 is 0. The number of piperidine rings is 1. The van der Waals surface area contributed by atoms with Crippen LogP contribution in [0.1, 0.15) is 50.0 Å². The van der Waals surface area contributed by atoms with E-state index < -0.39 is 0 Å². The minimum atomic E-state index is -0.148. The Morgan fingerprint density at radius 1 is 1.41 bits per heavy atom. The molecule has 8 heteroatoms. The summed E-state index contributed by atoms with van der Waals surface area (Å²) in [5.41, 5.74) is 1.09. The molecule has 0 radical (unpaired) electrons. The Morgan fingerprint density at radius 2 is 2.21 bits per heavy atom. The monoisotopic (exact) mass is 399 g/mol. The normalized spacial score (nSPS) is 16.7. The van der Waals surface area contributed by atoms with Gasteiger partial charge < -0.3 is 14.5 Å². The molecule has 0 aromatic carbocycles. The molecule has 0 spiro atoms. The molecule has 29 heavy (non-hydrogen) atoms. The fourth-order valence-electron chi connectivity index (χ4n) is 3.49. The van der Waals surface area contributed by atoms with Crippen molar-refractivity contribution in [1.29, 1.82) is 0 Å². The fraction of sp³-hybridized carbons (Fsp3) is 0.524. The molecule has 1 aliphatic rings. The Kier molecular flexibility index (Phi) is 6.51. The lowest BCUT2D eigenvalue weighted by atomic mass is 10.0. The number of ether oxygens (including phenoxy) is 1. The summed E-state index contributed by atoms with van der Waals surface area (Å²) in [5, 5.41) is 4.41. The number of hydrogen-bond acceptors (Lipinski definition) is 6. The smallest absolute Gasteiger partial charge is 0.269 e. The molecule has 1 aliphatic heterocycles. The quantitative estimate of drug-likeness (QED) is 0.742. The van der Waals surface area contributed by atoms with Gasteiger partial charge in [0.15, 0.2) is 0 Å². The van der Waals surface area contributed by atoms with E-state index in [9.17, 15) is 9.59 Å². The number of carbonyl (C=O) groups excluding carboxylic acids is 1. The van der Waals surface area contributed by atoms with E-state index in [1.807, 2.05) is 18.9 Å². The van der Waals surface area contributed by atoms with E-state index in [1.165, 1.54) is 4.68 Å². The van der Waals surface area contributed by atoms with Crippen molar-refractivity contribution in [3.63, 3.8) is 0 Å². The number of carbonyl (C=O) groups is 1. The van der Waals surface area contributed by atoms with Crippen LogP contribution < -0.4 is 15.2 Å². The maximum absolute atomic E-state index is 13.1. The summed E-state index contributed by atoms with van der Waals surface area (Å²) in [6.07, 6.45) is 4.94. The van der Waals surface area contributed by atoms with Gasteiger partial charge in [0.2, 0.25) is 5.88 Å². The zero-order chi connectivity index (χ0) is 21.0. The summed E-state index contributed by atoms with van der Waals surface area (Å²) in [5.74, 6) is 0.217. The van der Waals surface area contributed by atoms with Crippen LogP contribution in [-0.4, -0.2) is 58.4 Å². The molecule has 1 saturated heterocycles. The maximum atomic E-state index is 13.1. The Labute approximate surface area is 171 Å². The van der Waals surface area contributed by atoms with E-state index in [0.717, 1.165) is 18.5 Å². The van der Waals surface area contributed by atoms with Crippen molar-refractivity contribution in [2.45, 2.75) is 45.7 Å². The van der Waals surface area contributed by atoms with Gasteiger partial charge in [-0.05, 0) is 45.7 Å². The van der Waals surface area contributed by atoms with Crippen LogP contribution in [0.4, 0.5) is 5.69 Å². The highest BCUT2D eigenvalue weighted by Crippen LogP contribution is 2.24. The second-order valence-electron chi connectivity index (χ2n) is 7.54. The highest BCUT2D eigenvalue weighted by atomic mass is 16.5. The van der Waals surface area contributed by atoms with E-state index in [-0.39, 0.29) is 23.6 Å². The SMILES string of the molecule is CCOc1ncccc1C(=O)N1CCCC(n2ncc(N(C)C(C)C)cc2=O)C1. The van der Waals surface area contributed by atoms with Gasteiger partial charge in [-0.15, -0.1) is 0 Å². The molecule has 3 heterocycles. The van der Waals surface area contributed by atoms with Crippen molar-refractivity contribution < 1.29 is 9.53 Å². The van der Waals surface area contributed by atoms with Gasteiger partial charge >= 0.3 is 0 Å². The van der Waals surface area contributed by atoms with Gasteiger partial charge in [-0.1, -0.05) is 0 Å². The molecule has 2 aromatic heterocycles. The van der Waals surface area contributed by atoms with Gasteiger partial charge in [-0.25, -0.2) is 9.67 Å². The zero-order valence-electron chi connectivity index (χ0n) is 17.5. The van der Waals surface area contributed by atoms with Gasteiger partial charge in [-0.2, -0.15) is 5.10 Å². The average Bonchev–Trinajstić information content (AvgIpc) is 2.73. The molecular formula is C21H29N5O3. The molecule has 0 saturated carbocycles. The van der Waals surface area contributed by atoms with Gasteiger partial charge in [0.05, 0.1) is 24.5 Å². The molecule has 0 bridgehead atoms. The first-order chi connectivity index (χ1) is 13.9. The molecule has 0 aliphatic carbocycles. The number of aromatic nitrogens is 3. The van der Waals surface area contributed by atoms with Crippen molar-refractivity contribution in [3.05, 3.63) is 46.5 Å². The summed E-state index contributed by atoms with van der Waals surface area (Å²) in [4.78, 5) is 33.7. The number of anilines is 1. The van der Waals surface area contributed by atoms with Crippen LogP contribution in [0, 0.1) is 0 Å². The number of pyridine rings is 1. The molecule has 8 nitrogen and oxygen atoms in total. The molecule has 1 atom stereocenters. The molecule has 156 valence electrons. The van der Waals surface area contributed by atoms with Crippen LogP contribution in [0.5, 0.6) is 5.88 Å². The number of amides is 1. The average molecular weight is 399 g/mol. The van der Waals surface area contributed by atoms with E-state index in [1.54, 1.807) is 35.5 Å². The fourth-order valence-corrected chi connectivity index (χ4v) is 3.49. The van der Waals surface area contributed by atoms with Crippen molar-refractivity contribution in [1.82, 2.24) is 19.7 Å². The van der Waals surface area contributed by atoms with E-state index in [0.29, 0.717) is 31.1 Å². The van der Waals surface area contributed by atoms with Gasteiger partial charge in [0, 0.05) is 38.4 Å². The maximum Gasteiger partial charge on any atom is 0.269 e. The Hall–Kier alpha value is -2.90. The van der Waals surface area contributed by atoms with Crippen molar-refractivity contribution in [3.8, 4) is 5.88 Å². The minimum absolute atomic E-state index is 0.129. The Morgan fingerprint density at radius 3 is 2.90 bits per heavy atom. The van der Waals surface area contributed by atoms with Crippen LogP contribution in [0.15, 0.2) is 35.4 Å². The van der Waals surface area contributed by atoms with Crippen LogP contribution in [0.3, 0.4) is 0 Å². The van der Waals surface area contributed by atoms with E-state index >= 15 is 0 Å². The zero-order valence-corrected chi connectivity index (χ0v) is 17.5. The lowest BCUT2D eigenvalue weighted by Crippen LogP contribution is -2.43. The summed E-state index contributed by atoms with van der Waals surface area (Å²) in [6.45, 7) is 7.50. The van der Waals surface area contributed by atoms with Crippen molar-refractivity contribution in [2.24, 2.45) is 0 Å². The predicted octanol–water partition coefficient (Wildman–Crippen LogP) is 2.36. The van der Waals surface area contributed by atoms with Crippen LogP contribution in [0.2, 0.25) is 0 Å². The highest BCUT2D eigenvalue weighted by molar-refractivity contribution is 5.96. The third-order valence-corrected chi connectivity index (χ3v) is 5.31. The van der Waals surface area contributed by atoms with Crippen LogP contribution in [-0.2, 0) is 0 Å². The first kappa shape index (κ1) is 20.8. The third kappa shape index (κ3) is 4.58.